The quantitative estimate of drug-likeness (QED) is 0.674. The molecule has 0 aliphatic heterocycles. The van der Waals surface area contributed by atoms with Crippen LogP contribution in [0.4, 0.5) is 0 Å². The lowest BCUT2D eigenvalue weighted by atomic mass is 10.1. The molecule has 0 saturated carbocycles. The molecule has 0 radical (unpaired) electrons. The topological polar surface area (TPSA) is 43.1 Å². The summed E-state index contributed by atoms with van der Waals surface area (Å²) in [6, 6.07) is 0. The van der Waals surface area contributed by atoms with Crippen LogP contribution in [0.3, 0.4) is 0 Å². The maximum atomic E-state index is 10.7. The molecule has 0 bridgehead atoms. The molecule has 10 heavy (non-hydrogen) atoms. The van der Waals surface area contributed by atoms with E-state index in [0.29, 0.717) is 5.25 Å². The molecule has 0 spiro atoms. The van der Waals surface area contributed by atoms with Crippen LogP contribution in [0.5, 0.6) is 0 Å². The van der Waals surface area contributed by atoms with Crippen molar-refractivity contribution in [1.29, 1.82) is 0 Å². The maximum absolute atomic E-state index is 10.7. The van der Waals surface area contributed by atoms with Crippen molar-refractivity contribution < 1.29 is 4.79 Å². The molecular formula is C7H15NOS. The Kier molecular flexibility index (Phi) is 4.52. The molecule has 0 saturated heterocycles. The first-order valence-electron chi connectivity index (χ1n) is 3.45. The second-order valence-electron chi connectivity index (χ2n) is 2.37. The van der Waals surface area contributed by atoms with Gasteiger partial charge in [-0.05, 0) is 12.7 Å². The van der Waals surface area contributed by atoms with Crippen LogP contribution >= 0.6 is 11.8 Å². The molecule has 0 aromatic carbocycles. The van der Waals surface area contributed by atoms with Gasteiger partial charge in [0.25, 0.3) is 0 Å². The van der Waals surface area contributed by atoms with Gasteiger partial charge >= 0.3 is 0 Å². The average molecular weight is 161 g/mol. The van der Waals surface area contributed by atoms with E-state index in [-0.39, 0.29) is 11.8 Å². The Morgan fingerprint density at radius 2 is 2.20 bits per heavy atom. The lowest BCUT2D eigenvalue weighted by Gasteiger charge is -2.16. The number of amides is 1. The number of nitrogens with two attached hydrogens (primary N) is 1. The molecule has 0 fully saturated rings. The van der Waals surface area contributed by atoms with Crippen molar-refractivity contribution in [3.63, 3.8) is 0 Å². The van der Waals surface area contributed by atoms with Crippen molar-refractivity contribution in [1.82, 2.24) is 0 Å². The first kappa shape index (κ1) is 9.82. The summed E-state index contributed by atoms with van der Waals surface area (Å²) in [5.74, 6) is -0.193. The van der Waals surface area contributed by atoms with Gasteiger partial charge in [0, 0.05) is 11.2 Å². The Bertz CT molecular complexity index is 112. The van der Waals surface area contributed by atoms with Crippen LogP contribution in [-0.4, -0.2) is 17.4 Å². The smallest absolute Gasteiger partial charge is 0.221 e. The molecule has 0 aromatic rings. The van der Waals surface area contributed by atoms with Gasteiger partial charge in [0.05, 0.1) is 0 Å². The van der Waals surface area contributed by atoms with Gasteiger partial charge in [-0.25, -0.2) is 0 Å². The molecule has 0 aliphatic carbocycles. The van der Waals surface area contributed by atoms with Gasteiger partial charge in [0.15, 0.2) is 0 Å². The first-order valence-corrected chi connectivity index (χ1v) is 4.74. The number of hydrogen-bond donors (Lipinski definition) is 1. The summed E-state index contributed by atoms with van der Waals surface area (Å²) in [4.78, 5) is 10.7. The van der Waals surface area contributed by atoms with E-state index in [1.165, 1.54) is 0 Å². The zero-order chi connectivity index (χ0) is 8.15. The van der Waals surface area contributed by atoms with E-state index >= 15 is 0 Å². The van der Waals surface area contributed by atoms with Gasteiger partial charge < -0.3 is 5.73 Å². The largest absolute Gasteiger partial charge is 0.369 e. The highest BCUT2D eigenvalue weighted by Crippen LogP contribution is 2.19. The van der Waals surface area contributed by atoms with E-state index in [1.54, 1.807) is 11.8 Å². The van der Waals surface area contributed by atoms with Crippen LogP contribution in [0.1, 0.15) is 20.3 Å². The number of carbonyl (C=O) groups excluding carboxylic acids is 1. The highest BCUT2D eigenvalue weighted by atomic mass is 32.2. The minimum absolute atomic E-state index is 0.000000000000000222. The summed E-state index contributed by atoms with van der Waals surface area (Å²) < 4.78 is 0. The first-order chi connectivity index (χ1) is 4.63. The molecule has 2 atom stereocenters. The Morgan fingerprint density at radius 3 is 2.30 bits per heavy atom. The van der Waals surface area contributed by atoms with Crippen LogP contribution < -0.4 is 5.73 Å². The van der Waals surface area contributed by atoms with Gasteiger partial charge in [-0.1, -0.05) is 13.8 Å². The zero-order valence-corrected chi connectivity index (χ0v) is 7.57. The normalized spacial score (nSPS) is 16.3. The standard InChI is InChI=1S/C7H15NOS/c1-4-6(10-3)5(2)7(8)9/h5-6H,4H2,1-3H3,(H2,8,9). The van der Waals surface area contributed by atoms with Crippen LogP contribution in [0.15, 0.2) is 0 Å². The Hall–Kier alpha value is -0.180. The number of carbonyl (C=O) groups is 1. The molecule has 2 N–H and O–H groups in total. The van der Waals surface area contributed by atoms with Crippen LogP contribution in [0.2, 0.25) is 0 Å². The molecule has 60 valence electrons. The fourth-order valence-electron chi connectivity index (χ4n) is 0.908. The summed E-state index contributed by atoms with van der Waals surface area (Å²) in [5.41, 5.74) is 5.14. The van der Waals surface area contributed by atoms with Crippen molar-refractivity contribution in [2.45, 2.75) is 25.5 Å². The van der Waals surface area contributed by atoms with Crippen molar-refractivity contribution in [2.24, 2.45) is 11.7 Å². The predicted octanol–water partition coefficient (Wildman–Crippen LogP) is 1.25. The highest BCUT2D eigenvalue weighted by Gasteiger charge is 2.18. The number of rotatable bonds is 4. The summed E-state index contributed by atoms with van der Waals surface area (Å²) in [6.07, 6.45) is 3.01. The third kappa shape index (κ3) is 2.60. The SMILES string of the molecule is CCC(SC)C(C)C(N)=O. The lowest BCUT2D eigenvalue weighted by Crippen LogP contribution is -2.28. The van der Waals surface area contributed by atoms with Gasteiger partial charge in [0.1, 0.15) is 0 Å². The summed E-state index contributed by atoms with van der Waals surface area (Å²) in [7, 11) is 0. The number of primary amides is 1. The van der Waals surface area contributed by atoms with Crippen LogP contribution in [-0.2, 0) is 4.79 Å². The zero-order valence-electron chi connectivity index (χ0n) is 6.76. The van der Waals surface area contributed by atoms with Gasteiger partial charge in [-0.15, -0.1) is 0 Å². The number of thioether (sulfide) groups is 1. The van der Waals surface area contributed by atoms with Crippen molar-refractivity contribution in [3.8, 4) is 0 Å². The molecule has 2 unspecified atom stereocenters. The third-order valence-electron chi connectivity index (χ3n) is 1.71. The number of hydrogen-bond acceptors (Lipinski definition) is 2. The summed E-state index contributed by atoms with van der Waals surface area (Å²) >= 11 is 1.71. The third-order valence-corrected chi connectivity index (χ3v) is 3.06. The fourth-order valence-corrected chi connectivity index (χ4v) is 1.78. The van der Waals surface area contributed by atoms with E-state index < -0.39 is 0 Å². The van der Waals surface area contributed by atoms with E-state index in [0.717, 1.165) is 6.42 Å². The van der Waals surface area contributed by atoms with Crippen LogP contribution in [0.25, 0.3) is 0 Å². The van der Waals surface area contributed by atoms with E-state index in [1.807, 2.05) is 13.2 Å². The molecule has 0 aliphatic rings. The molecule has 3 heteroatoms. The van der Waals surface area contributed by atoms with Crippen LogP contribution in [0, 0.1) is 5.92 Å². The van der Waals surface area contributed by atoms with Crippen molar-refractivity contribution >= 4 is 17.7 Å². The molecule has 0 heterocycles. The molecule has 0 rings (SSSR count). The Balaban J connectivity index is 3.88. The second kappa shape index (κ2) is 4.61. The van der Waals surface area contributed by atoms with Gasteiger partial charge in [-0.2, -0.15) is 11.8 Å². The predicted molar refractivity (Wildman–Crippen MR) is 46.0 cm³/mol. The van der Waals surface area contributed by atoms with Gasteiger partial charge in [0.2, 0.25) is 5.91 Å². The molecule has 2 nitrogen and oxygen atoms in total. The lowest BCUT2D eigenvalue weighted by molar-refractivity contribution is -0.121. The summed E-state index contributed by atoms with van der Waals surface area (Å²) in [6.45, 7) is 3.95. The summed E-state index contributed by atoms with van der Waals surface area (Å²) in [5, 5.41) is 0.387. The van der Waals surface area contributed by atoms with E-state index in [2.05, 4.69) is 6.92 Å². The van der Waals surface area contributed by atoms with Crippen molar-refractivity contribution in [3.05, 3.63) is 0 Å². The molecule has 1 amide bonds. The monoisotopic (exact) mass is 161 g/mol. The second-order valence-corrected chi connectivity index (χ2v) is 3.45. The molecule has 0 aromatic heterocycles. The van der Waals surface area contributed by atoms with Gasteiger partial charge in [-0.3, -0.25) is 4.79 Å². The fraction of sp³-hybridized carbons (Fsp3) is 0.857. The average Bonchev–Trinajstić information content (AvgIpc) is 1.90. The maximum Gasteiger partial charge on any atom is 0.221 e. The minimum Gasteiger partial charge on any atom is -0.369 e. The minimum atomic E-state index is -0.193. The highest BCUT2D eigenvalue weighted by molar-refractivity contribution is 7.99. The Morgan fingerprint density at radius 1 is 1.70 bits per heavy atom. The van der Waals surface area contributed by atoms with E-state index in [4.69, 9.17) is 5.73 Å². The molecular weight excluding hydrogens is 146 g/mol. The Labute approximate surface area is 66.6 Å². The van der Waals surface area contributed by atoms with E-state index in [9.17, 15) is 4.79 Å². The van der Waals surface area contributed by atoms with Crippen molar-refractivity contribution in [2.75, 3.05) is 6.26 Å².